The zero-order chi connectivity index (χ0) is 18.5. The zero-order valence-electron chi connectivity index (χ0n) is 14.5. The molecule has 0 spiro atoms. The number of carbonyl (C=O) groups excluding carboxylic acids is 1. The molecule has 0 radical (unpaired) electrons. The summed E-state index contributed by atoms with van der Waals surface area (Å²) >= 11 is 0. The van der Waals surface area contributed by atoms with Gasteiger partial charge in [-0.05, 0) is 56.7 Å². The van der Waals surface area contributed by atoms with Crippen LogP contribution in [-0.4, -0.2) is 19.9 Å². The minimum atomic E-state index is -3.59. The molecule has 0 heterocycles. The monoisotopic (exact) mass is 358 g/mol. The first kappa shape index (κ1) is 18.9. The Morgan fingerprint density at radius 1 is 0.960 bits per heavy atom. The molecule has 0 aliphatic heterocycles. The van der Waals surface area contributed by atoms with Crippen molar-refractivity contribution in [1.29, 1.82) is 0 Å². The second-order valence-corrected chi connectivity index (χ2v) is 8.30. The minimum Gasteiger partial charge on any atom is -0.323 e. The third kappa shape index (κ3) is 6.17. The van der Waals surface area contributed by atoms with E-state index in [9.17, 15) is 13.2 Å². The molecule has 0 aliphatic rings. The number of rotatable bonds is 5. The van der Waals surface area contributed by atoms with Crippen LogP contribution in [0.25, 0.3) is 6.08 Å². The maximum Gasteiger partial charge on any atom is 0.248 e. The quantitative estimate of drug-likeness (QED) is 0.804. The summed E-state index contributed by atoms with van der Waals surface area (Å²) < 4.78 is 27.0. The van der Waals surface area contributed by atoms with Crippen LogP contribution >= 0.6 is 0 Å². The summed E-state index contributed by atoms with van der Waals surface area (Å²) in [6, 6.07) is 15.5. The van der Waals surface area contributed by atoms with Crippen molar-refractivity contribution in [2.45, 2.75) is 31.2 Å². The van der Waals surface area contributed by atoms with Gasteiger partial charge in [-0.2, -0.15) is 0 Å². The predicted molar refractivity (Wildman–Crippen MR) is 101 cm³/mol. The number of nitrogens with one attached hydrogen (secondary N) is 2. The Morgan fingerprint density at radius 2 is 1.56 bits per heavy atom. The number of hydrogen-bond acceptors (Lipinski definition) is 3. The predicted octanol–water partition coefficient (Wildman–Crippen LogP) is 3.42. The highest BCUT2D eigenvalue weighted by Gasteiger charge is 2.21. The summed E-state index contributed by atoms with van der Waals surface area (Å²) in [6.45, 7) is 5.33. The Hall–Kier alpha value is -2.44. The van der Waals surface area contributed by atoms with Crippen molar-refractivity contribution in [3.8, 4) is 0 Å². The summed E-state index contributed by atoms with van der Waals surface area (Å²) in [4.78, 5) is 12.1. The second kappa shape index (κ2) is 7.63. The lowest BCUT2D eigenvalue weighted by Gasteiger charge is -2.20. The van der Waals surface area contributed by atoms with Gasteiger partial charge in [-0.15, -0.1) is 0 Å². The zero-order valence-corrected chi connectivity index (χ0v) is 15.3. The number of anilines is 1. The van der Waals surface area contributed by atoms with Crippen molar-refractivity contribution in [3.05, 3.63) is 66.2 Å². The van der Waals surface area contributed by atoms with E-state index in [-0.39, 0.29) is 10.8 Å². The number of carbonyl (C=O) groups is 1. The van der Waals surface area contributed by atoms with Gasteiger partial charge in [-0.3, -0.25) is 4.79 Å². The molecule has 5 nitrogen and oxygen atoms in total. The molecule has 0 unspecified atom stereocenters. The average molecular weight is 358 g/mol. The highest BCUT2D eigenvalue weighted by Crippen LogP contribution is 2.16. The maximum atomic E-state index is 12.2. The molecule has 0 atom stereocenters. The van der Waals surface area contributed by atoms with Gasteiger partial charge in [-0.25, -0.2) is 13.1 Å². The van der Waals surface area contributed by atoms with E-state index in [1.165, 1.54) is 18.2 Å². The lowest BCUT2D eigenvalue weighted by molar-refractivity contribution is -0.111. The van der Waals surface area contributed by atoms with Crippen LogP contribution in [0.15, 0.2) is 65.6 Å². The Bertz CT molecular complexity index is 850. The van der Waals surface area contributed by atoms with Crippen molar-refractivity contribution < 1.29 is 13.2 Å². The minimum absolute atomic E-state index is 0.153. The number of sulfonamides is 1. The third-order valence-electron chi connectivity index (χ3n) is 3.10. The molecule has 0 aliphatic carbocycles. The average Bonchev–Trinajstić information content (AvgIpc) is 2.52. The molecule has 1 amide bonds. The lowest BCUT2D eigenvalue weighted by Crippen LogP contribution is -2.40. The largest absolute Gasteiger partial charge is 0.323 e. The van der Waals surface area contributed by atoms with Gasteiger partial charge in [0.2, 0.25) is 15.9 Å². The van der Waals surface area contributed by atoms with Crippen LogP contribution in [-0.2, 0) is 14.8 Å². The molecule has 25 heavy (non-hydrogen) atoms. The van der Waals surface area contributed by atoms with Crippen molar-refractivity contribution in [2.24, 2.45) is 0 Å². The molecule has 2 rings (SSSR count). The molecule has 2 N–H and O–H groups in total. The first-order valence-electron chi connectivity index (χ1n) is 7.84. The Kier molecular flexibility index (Phi) is 5.77. The van der Waals surface area contributed by atoms with Gasteiger partial charge >= 0.3 is 0 Å². The van der Waals surface area contributed by atoms with Crippen LogP contribution in [0, 0.1) is 0 Å². The molecule has 0 bridgehead atoms. The SMILES string of the molecule is CC(C)(C)NS(=O)(=O)c1ccc(NC(=O)C=Cc2ccccc2)cc1. The highest BCUT2D eigenvalue weighted by molar-refractivity contribution is 7.89. The Labute approximate surface area is 148 Å². The first-order valence-corrected chi connectivity index (χ1v) is 9.32. The Balaban J connectivity index is 2.03. The van der Waals surface area contributed by atoms with Gasteiger partial charge in [0.15, 0.2) is 0 Å². The number of hydrogen-bond donors (Lipinski definition) is 2. The van der Waals surface area contributed by atoms with Crippen LogP contribution in [0.3, 0.4) is 0 Å². The molecule has 132 valence electrons. The van der Waals surface area contributed by atoms with Crippen molar-refractivity contribution >= 4 is 27.7 Å². The van der Waals surface area contributed by atoms with Crippen LogP contribution in [0.4, 0.5) is 5.69 Å². The molecule has 0 saturated heterocycles. The van der Waals surface area contributed by atoms with Gasteiger partial charge < -0.3 is 5.32 Å². The topological polar surface area (TPSA) is 75.3 Å². The second-order valence-electron chi connectivity index (χ2n) is 6.61. The summed E-state index contributed by atoms with van der Waals surface area (Å²) in [5.41, 5.74) is 0.887. The van der Waals surface area contributed by atoms with E-state index in [0.717, 1.165) is 5.56 Å². The van der Waals surface area contributed by atoms with E-state index in [0.29, 0.717) is 5.69 Å². The third-order valence-corrected chi connectivity index (χ3v) is 4.87. The normalized spacial score (nSPS) is 12.3. The fourth-order valence-electron chi connectivity index (χ4n) is 2.10. The van der Waals surface area contributed by atoms with Crippen LogP contribution in [0.5, 0.6) is 0 Å². The van der Waals surface area contributed by atoms with E-state index >= 15 is 0 Å². The fraction of sp³-hybridized carbons (Fsp3) is 0.211. The number of benzene rings is 2. The molecule has 0 aromatic heterocycles. The molecular formula is C19H22N2O3S. The molecule has 0 fully saturated rings. The van der Waals surface area contributed by atoms with Crippen molar-refractivity contribution in [1.82, 2.24) is 4.72 Å². The molecular weight excluding hydrogens is 336 g/mol. The van der Waals surface area contributed by atoms with Crippen molar-refractivity contribution in [2.75, 3.05) is 5.32 Å². The summed E-state index contributed by atoms with van der Waals surface area (Å²) in [5.74, 6) is -0.285. The fourth-order valence-corrected chi connectivity index (χ4v) is 3.52. The molecule has 2 aromatic rings. The van der Waals surface area contributed by atoms with Crippen LogP contribution in [0.1, 0.15) is 26.3 Å². The van der Waals surface area contributed by atoms with E-state index in [1.54, 1.807) is 39.0 Å². The van der Waals surface area contributed by atoms with Gasteiger partial charge in [0.05, 0.1) is 4.90 Å². The Morgan fingerprint density at radius 3 is 2.12 bits per heavy atom. The van der Waals surface area contributed by atoms with Crippen LogP contribution in [0.2, 0.25) is 0 Å². The summed E-state index contributed by atoms with van der Waals surface area (Å²) in [7, 11) is -3.59. The van der Waals surface area contributed by atoms with Gasteiger partial charge in [0.25, 0.3) is 0 Å². The molecule has 0 saturated carbocycles. The van der Waals surface area contributed by atoms with Crippen molar-refractivity contribution in [3.63, 3.8) is 0 Å². The van der Waals surface area contributed by atoms with Crippen LogP contribution < -0.4 is 10.0 Å². The first-order chi connectivity index (χ1) is 11.7. The molecule has 6 heteroatoms. The highest BCUT2D eigenvalue weighted by atomic mass is 32.2. The van der Waals surface area contributed by atoms with E-state index < -0.39 is 15.6 Å². The van der Waals surface area contributed by atoms with E-state index in [4.69, 9.17) is 0 Å². The lowest BCUT2D eigenvalue weighted by atomic mass is 10.1. The van der Waals surface area contributed by atoms with E-state index in [1.807, 2.05) is 30.3 Å². The maximum absolute atomic E-state index is 12.2. The van der Waals surface area contributed by atoms with Gasteiger partial charge in [-0.1, -0.05) is 30.3 Å². The van der Waals surface area contributed by atoms with Gasteiger partial charge in [0, 0.05) is 17.3 Å². The van der Waals surface area contributed by atoms with Gasteiger partial charge in [0.1, 0.15) is 0 Å². The summed E-state index contributed by atoms with van der Waals surface area (Å²) in [6.07, 6.45) is 3.14. The standard InChI is InChI=1S/C19H22N2O3S/c1-19(2,3)21-25(23,24)17-12-10-16(11-13-17)20-18(22)14-9-15-7-5-4-6-8-15/h4-14,21H,1-3H3,(H,20,22). The summed E-state index contributed by atoms with van der Waals surface area (Å²) in [5, 5.41) is 2.70. The smallest absolute Gasteiger partial charge is 0.248 e. The number of amides is 1. The molecule has 2 aromatic carbocycles. The van der Waals surface area contributed by atoms with E-state index in [2.05, 4.69) is 10.0 Å².